The highest BCUT2D eigenvalue weighted by molar-refractivity contribution is 9.10. The second-order valence-electron chi connectivity index (χ2n) is 11.5. The van der Waals surface area contributed by atoms with E-state index in [-0.39, 0.29) is 39.5 Å². The third-order valence-corrected chi connectivity index (χ3v) is 9.89. The van der Waals surface area contributed by atoms with E-state index in [1.807, 2.05) is 75.4 Å². The Morgan fingerprint density at radius 2 is 1.42 bits per heavy atom. The normalized spacial score (nSPS) is 12.3. The molecule has 0 saturated heterocycles. The number of amides is 2. The fourth-order valence-corrected chi connectivity index (χ4v) is 6.67. The van der Waals surface area contributed by atoms with Crippen LogP contribution in [0.1, 0.15) is 31.9 Å². The smallest absolute Gasteiger partial charge is 0.264 e. The van der Waals surface area contributed by atoms with Gasteiger partial charge in [0.2, 0.25) is 11.8 Å². The van der Waals surface area contributed by atoms with Crippen LogP contribution in [0.15, 0.2) is 112 Å². The molecule has 0 aliphatic heterocycles. The second kappa shape index (κ2) is 14.8. The van der Waals surface area contributed by atoms with Crippen LogP contribution < -0.4 is 9.62 Å². The molecular weight excluding hydrogens is 697 g/mol. The van der Waals surface area contributed by atoms with Gasteiger partial charge in [0.25, 0.3) is 10.0 Å². The molecule has 0 aliphatic carbocycles. The van der Waals surface area contributed by atoms with Gasteiger partial charge in [-0.3, -0.25) is 13.9 Å². The summed E-state index contributed by atoms with van der Waals surface area (Å²) in [5.74, 6) is -0.933. The quantitative estimate of drug-likeness (QED) is 0.173. The molecular formula is C34H34BrCl2N3O4S. The summed E-state index contributed by atoms with van der Waals surface area (Å²) in [7, 11) is -4.25. The van der Waals surface area contributed by atoms with Crippen molar-refractivity contribution in [2.75, 3.05) is 10.8 Å². The fraction of sp³-hybridized carbons (Fsp3) is 0.235. The molecule has 1 N–H and O–H groups in total. The van der Waals surface area contributed by atoms with Gasteiger partial charge in [-0.2, -0.15) is 0 Å². The molecule has 0 aliphatic rings. The summed E-state index contributed by atoms with van der Waals surface area (Å²) in [5, 5.41) is 3.39. The van der Waals surface area contributed by atoms with Crippen LogP contribution in [-0.4, -0.2) is 43.3 Å². The van der Waals surface area contributed by atoms with Crippen molar-refractivity contribution in [3.8, 4) is 0 Å². The van der Waals surface area contributed by atoms with E-state index in [0.717, 1.165) is 19.9 Å². The molecule has 0 spiro atoms. The molecule has 11 heteroatoms. The first-order chi connectivity index (χ1) is 21.2. The number of carbonyl (C=O) groups is 2. The number of hydrogen-bond acceptors (Lipinski definition) is 4. The van der Waals surface area contributed by atoms with Gasteiger partial charge in [0, 0.05) is 23.0 Å². The molecule has 45 heavy (non-hydrogen) atoms. The van der Waals surface area contributed by atoms with Gasteiger partial charge in [0.15, 0.2) is 0 Å². The van der Waals surface area contributed by atoms with E-state index < -0.39 is 34.1 Å². The number of rotatable bonds is 11. The number of carbonyl (C=O) groups excluding carboxylic acids is 2. The summed E-state index contributed by atoms with van der Waals surface area (Å²) in [6, 6.07) is 28.0. The van der Waals surface area contributed by atoms with Crippen LogP contribution in [0.25, 0.3) is 0 Å². The lowest BCUT2D eigenvalue weighted by atomic mass is 10.0. The highest BCUT2D eigenvalue weighted by Crippen LogP contribution is 2.31. The number of benzene rings is 4. The Balaban J connectivity index is 1.82. The molecule has 0 radical (unpaired) electrons. The van der Waals surface area contributed by atoms with Crippen LogP contribution >= 0.6 is 39.1 Å². The first-order valence-corrected chi connectivity index (χ1v) is 17.2. The molecule has 0 bridgehead atoms. The SMILES string of the molecule is CC(C)(C)NC(=O)C(Cc1ccccc1)N(Cc1ccc(Br)cc1)C(=O)CN(c1ccc(Cl)c(Cl)c1)S(=O)(=O)c1ccccc1. The second-order valence-corrected chi connectivity index (χ2v) is 15.1. The van der Waals surface area contributed by atoms with E-state index in [9.17, 15) is 18.0 Å². The molecule has 4 aromatic carbocycles. The molecule has 1 atom stereocenters. The largest absolute Gasteiger partial charge is 0.350 e. The lowest BCUT2D eigenvalue weighted by Gasteiger charge is -2.35. The lowest BCUT2D eigenvalue weighted by molar-refractivity contribution is -0.140. The van der Waals surface area contributed by atoms with E-state index in [4.69, 9.17) is 23.2 Å². The highest BCUT2D eigenvalue weighted by atomic mass is 79.9. The maximum absolute atomic E-state index is 14.5. The third-order valence-electron chi connectivity index (χ3n) is 6.84. The zero-order valence-corrected chi connectivity index (χ0v) is 29.0. The van der Waals surface area contributed by atoms with Gasteiger partial charge in [-0.25, -0.2) is 8.42 Å². The Kier molecular flexibility index (Phi) is 11.4. The van der Waals surface area contributed by atoms with Crippen molar-refractivity contribution in [1.82, 2.24) is 10.2 Å². The Morgan fingerprint density at radius 1 is 0.822 bits per heavy atom. The van der Waals surface area contributed by atoms with E-state index in [1.165, 1.54) is 35.2 Å². The van der Waals surface area contributed by atoms with Crippen LogP contribution in [0.3, 0.4) is 0 Å². The topological polar surface area (TPSA) is 86.8 Å². The number of hydrogen-bond donors (Lipinski definition) is 1. The number of sulfonamides is 1. The average molecular weight is 732 g/mol. The minimum Gasteiger partial charge on any atom is -0.350 e. The average Bonchev–Trinajstić information content (AvgIpc) is 3.00. The Bertz CT molecular complexity index is 1730. The first kappa shape index (κ1) is 34.5. The molecule has 2 amide bonds. The number of nitrogens with zero attached hydrogens (tertiary/aromatic N) is 2. The van der Waals surface area contributed by atoms with E-state index in [1.54, 1.807) is 18.2 Å². The predicted octanol–water partition coefficient (Wildman–Crippen LogP) is 7.51. The minimum atomic E-state index is -4.25. The van der Waals surface area contributed by atoms with E-state index in [2.05, 4.69) is 21.2 Å². The molecule has 4 rings (SSSR count). The number of anilines is 1. The van der Waals surface area contributed by atoms with Crippen molar-refractivity contribution in [2.24, 2.45) is 0 Å². The molecule has 236 valence electrons. The summed E-state index contributed by atoms with van der Waals surface area (Å²) < 4.78 is 30.0. The van der Waals surface area contributed by atoms with Crippen molar-refractivity contribution >= 4 is 66.7 Å². The summed E-state index contributed by atoms with van der Waals surface area (Å²) >= 11 is 15.9. The molecule has 0 saturated carbocycles. The molecule has 0 aromatic heterocycles. The van der Waals surface area contributed by atoms with Gasteiger partial charge in [0.05, 0.1) is 20.6 Å². The maximum Gasteiger partial charge on any atom is 0.264 e. The van der Waals surface area contributed by atoms with E-state index in [0.29, 0.717) is 0 Å². The Labute approximate surface area is 283 Å². The van der Waals surface area contributed by atoms with Gasteiger partial charge >= 0.3 is 0 Å². The Hall–Kier alpha value is -3.37. The van der Waals surface area contributed by atoms with Crippen molar-refractivity contribution < 1.29 is 18.0 Å². The zero-order chi connectivity index (χ0) is 32.8. The van der Waals surface area contributed by atoms with Gasteiger partial charge in [0.1, 0.15) is 12.6 Å². The summed E-state index contributed by atoms with van der Waals surface area (Å²) in [4.78, 5) is 29.9. The summed E-state index contributed by atoms with van der Waals surface area (Å²) in [5.41, 5.74) is 1.18. The maximum atomic E-state index is 14.5. The van der Waals surface area contributed by atoms with Gasteiger partial charge in [-0.05, 0) is 74.4 Å². The van der Waals surface area contributed by atoms with Crippen LogP contribution in [-0.2, 0) is 32.6 Å². The molecule has 1 unspecified atom stereocenters. The predicted molar refractivity (Wildman–Crippen MR) is 184 cm³/mol. The van der Waals surface area contributed by atoms with Crippen molar-refractivity contribution in [2.45, 2.75) is 50.2 Å². The van der Waals surface area contributed by atoms with Crippen LogP contribution in [0.4, 0.5) is 5.69 Å². The molecule has 7 nitrogen and oxygen atoms in total. The van der Waals surface area contributed by atoms with Crippen LogP contribution in [0, 0.1) is 0 Å². The van der Waals surface area contributed by atoms with Gasteiger partial charge in [-0.1, -0.05) is 99.8 Å². The fourth-order valence-electron chi connectivity index (χ4n) is 4.68. The standard InChI is InChI=1S/C34H34BrCl2N3O4S/c1-34(2,3)38-33(42)31(20-24-10-6-4-7-11-24)39(22-25-14-16-26(35)17-15-25)32(41)23-40(27-18-19-29(36)30(37)21-27)45(43,44)28-12-8-5-9-13-28/h4-19,21,31H,20,22-23H2,1-3H3,(H,38,42). The van der Waals surface area contributed by atoms with Crippen molar-refractivity contribution in [3.05, 3.63) is 129 Å². The number of nitrogens with one attached hydrogen (secondary N) is 1. The zero-order valence-electron chi connectivity index (χ0n) is 25.1. The minimum absolute atomic E-state index is 0.00496. The monoisotopic (exact) mass is 729 g/mol. The van der Waals surface area contributed by atoms with Crippen molar-refractivity contribution in [1.29, 1.82) is 0 Å². The molecule has 0 fully saturated rings. The third kappa shape index (κ3) is 9.33. The highest BCUT2D eigenvalue weighted by Gasteiger charge is 2.35. The summed E-state index contributed by atoms with van der Waals surface area (Å²) in [6.07, 6.45) is 0.212. The Morgan fingerprint density at radius 3 is 2.00 bits per heavy atom. The van der Waals surface area contributed by atoms with Gasteiger partial charge in [-0.15, -0.1) is 0 Å². The van der Waals surface area contributed by atoms with E-state index >= 15 is 0 Å². The van der Waals surface area contributed by atoms with Crippen LogP contribution in [0.2, 0.25) is 10.0 Å². The number of halogens is 3. The summed E-state index contributed by atoms with van der Waals surface area (Å²) in [6.45, 7) is 5.05. The first-order valence-electron chi connectivity index (χ1n) is 14.2. The van der Waals surface area contributed by atoms with Crippen LogP contribution in [0.5, 0.6) is 0 Å². The molecule has 0 heterocycles. The lowest BCUT2D eigenvalue weighted by Crippen LogP contribution is -2.56. The van der Waals surface area contributed by atoms with Gasteiger partial charge < -0.3 is 10.2 Å². The van der Waals surface area contributed by atoms with Crippen molar-refractivity contribution in [3.63, 3.8) is 0 Å². The molecule has 4 aromatic rings.